The summed E-state index contributed by atoms with van der Waals surface area (Å²) < 4.78 is 0. The van der Waals surface area contributed by atoms with Gasteiger partial charge in [-0.2, -0.15) is 0 Å². The molecule has 1 atom stereocenters. The first kappa shape index (κ1) is 11.7. The van der Waals surface area contributed by atoms with Gasteiger partial charge < -0.3 is 5.73 Å². The minimum Gasteiger partial charge on any atom is -0.324 e. The van der Waals surface area contributed by atoms with Crippen molar-refractivity contribution in [3.8, 4) is 0 Å². The molecule has 0 amide bonds. The molecule has 0 fully saturated rings. The maximum atomic E-state index is 6.20. The molecule has 4 heteroatoms. The number of nitrogens with two attached hydrogens (primary N) is 1. The zero-order valence-corrected chi connectivity index (χ0v) is 10.4. The van der Waals surface area contributed by atoms with Crippen LogP contribution in [0.5, 0.6) is 0 Å². The van der Waals surface area contributed by atoms with Crippen LogP contribution in [0.1, 0.15) is 17.3 Å². The highest BCUT2D eigenvalue weighted by atomic mass is 14.9. The summed E-state index contributed by atoms with van der Waals surface area (Å²) in [4.78, 5) is 12.9. The van der Waals surface area contributed by atoms with Crippen LogP contribution in [0.4, 0.5) is 0 Å². The van der Waals surface area contributed by atoms with Gasteiger partial charge in [-0.15, -0.1) is 0 Å². The second-order valence-corrected chi connectivity index (χ2v) is 4.42. The first-order chi connectivity index (χ1) is 9.33. The molecule has 94 valence electrons. The molecule has 0 aliphatic carbocycles. The first-order valence-corrected chi connectivity index (χ1v) is 6.20. The van der Waals surface area contributed by atoms with Crippen molar-refractivity contribution in [2.45, 2.75) is 12.5 Å². The smallest absolute Gasteiger partial charge is 0.178 e. The number of nitrogens with zero attached hydrogens (tertiary/aromatic N) is 3. The van der Waals surface area contributed by atoms with Gasteiger partial charge in [0.1, 0.15) is 5.52 Å². The van der Waals surface area contributed by atoms with E-state index in [9.17, 15) is 0 Å². The number of hydrogen-bond acceptors (Lipinski definition) is 4. The normalized spacial score (nSPS) is 12.5. The van der Waals surface area contributed by atoms with Crippen LogP contribution < -0.4 is 5.73 Å². The third kappa shape index (κ3) is 2.58. The van der Waals surface area contributed by atoms with Gasteiger partial charge in [-0.1, -0.05) is 30.3 Å². The van der Waals surface area contributed by atoms with E-state index in [4.69, 9.17) is 5.73 Å². The van der Waals surface area contributed by atoms with Crippen LogP contribution >= 0.6 is 0 Å². The van der Waals surface area contributed by atoms with Gasteiger partial charge >= 0.3 is 0 Å². The van der Waals surface area contributed by atoms with Gasteiger partial charge in [0, 0.05) is 30.6 Å². The lowest BCUT2D eigenvalue weighted by Crippen LogP contribution is -2.14. The van der Waals surface area contributed by atoms with E-state index < -0.39 is 0 Å². The molecule has 0 radical (unpaired) electrons. The van der Waals surface area contributed by atoms with E-state index in [1.165, 1.54) is 0 Å². The molecular weight excluding hydrogens is 236 g/mol. The number of benzene rings is 1. The molecule has 0 aliphatic heterocycles. The summed E-state index contributed by atoms with van der Waals surface area (Å²) in [6.45, 7) is 0. The molecule has 3 aromatic rings. The second-order valence-electron chi connectivity index (χ2n) is 4.42. The molecule has 2 aromatic heterocycles. The maximum absolute atomic E-state index is 6.20. The highest BCUT2D eigenvalue weighted by Crippen LogP contribution is 2.15. The number of hydrogen-bond donors (Lipinski definition) is 1. The Morgan fingerprint density at radius 2 is 1.74 bits per heavy atom. The molecular formula is C15H14N4. The van der Waals surface area contributed by atoms with Crippen LogP contribution in [0.25, 0.3) is 11.2 Å². The SMILES string of the molecule is NC(Cc1ccc2nccnc2n1)c1ccccc1. The van der Waals surface area contributed by atoms with E-state index in [0.717, 1.165) is 16.8 Å². The van der Waals surface area contributed by atoms with Crippen LogP contribution in [0, 0.1) is 0 Å². The number of rotatable bonds is 3. The zero-order valence-electron chi connectivity index (χ0n) is 10.4. The summed E-state index contributed by atoms with van der Waals surface area (Å²) in [5, 5.41) is 0. The van der Waals surface area contributed by atoms with E-state index in [1.807, 2.05) is 42.5 Å². The molecule has 19 heavy (non-hydrogen) atoms. The predicted molar refractivity (Wildman–Crippen MR) is 74.4 cm³/mol. The number of aromatic nitrogens is 3. The van der Waals surface area contributed by atoms with Crippen LogP contribution in [0.3, 0.4) is 0 Å². The molecule has 2 heterocycles. The number of pyridine rings is 1. The maximum Gasteiger partial charge on any atom is 0.178 e. The third-order valence-corrected chi connectivity index (χ3v) is 3.05. The fraction of sp³-hybridized carbons (Fsp3) is 0.133. The second kappa shape index (κ2) is 5.12. The Morgan fingerprint density at radius 1 is 0.947 bits per heavy atom. The van der Waals surface area contributed by atoms with Crippen LogP contribution in [0.15, 0.2) is 54.9 Å². The first-order valence-electron chi connectivity index (χ1n) is 6.20. The predicted octanol–water partition coefficient (Wildman–Crippen LogP) is 2.27. The Balaban J connectivity index is 1.85. The minimum atomic E-state index is -0.0529. The summed E-state index contributed by atoms with van der Waals surface area (Å²) in [5.74, 6) is 0. The Hall–Kier alpha value is -2.33. The molecule has 0 saturated carbocycles. The van der Waals surface area contributed by atoms with E-state index in [2.05, 4.69) is 15.0 Å². The third-order valence-electron chi connectivity index (χ3n) is 3.05. The van der Waals surface area contributed by atoms with Gasteiger partial charge in [0.25, 0.3) is 0 Å². The van der Waals surface area contributed by atoms with Crippen LogP contribution in [-0.4, -0.2) is 15.0 Å². The monoisotopic (exact) mass is 250 g/mol. The van der Waals surface area contributed by atoms with E-state index in [0.29, 0.717) is 12.1 Å². The summed E-state index contributed by atoms with van der Waals surface area (Å²) in [7, 11) is 0. The lowest BCUT2D eigenvalue weighted by atomic mass is 10.0. The molecule has 3 rings (SSSR count). The van der Waals surface area contributed by atoms with Gasteiger partial charge in [0.15, 0.2) is 5.65 Å². The molecule has 0 bridgehead atoms. The van der Waals surface area contributed by atoms with Gasteiger partial charge in [-0.25, -0.2) is 9.97 Å². The molecule has 1 unspecified atom stereocenters. The van der Waals surface area contributed by atoms with Crippen molar-refractivity contribution in [2.24, 2.45) is 5.73 Å². The standard InChI is InChI=1S/C15H14N4/c16-13(11-4-2-1-3-5-11)10-12-6-7-14-15(19-12)18-9-8-17-14/h1-9,13H,10,16H2. The van der Waals surface area contributed by atoms with Gasteiger partial charge in [-0.05, 0) is 17.7 Å². The molecule has 2 N–H and O–H groups in total. The highest BCUT2D eigenvalue weighted by molar-refractivity contribution is 5.68. The fourth-order valence-corrected chi connectivity index (χ4v) is 2.05. The quantitative estimate of drug-likeness (QED) is 0.774. The molecule has 0 spiro atoms. The van der Waals surface area contributed by atoms with Gasteiger partial charge in [0.2, 0.25) is 0 Å². The summed E-state index contributed by atoms with van der Waals surface area (Å²) >= 11 is 0. The van der Waals surface area contributed by atoms with E-state index in [1.54, 1.807) is 12.4 Å². The summed E-state index contributed by atoms with van der Waals surface area (Å²) in [6, 6.07) is 13.9. The Morgan fingerprint density at radius 3 is 2.58 bits per heavy atom. The Bertz CT molecular complexity index is 682. The van der Waals surface area contributed by atoms with Crippen molar-refractivity contribution in [1.82, 2.24) is 15.0 Å². The lowest BCUT2D eigenvalue weighted by molar-refractivity contribution is 0.708. The van der Waals surface area contributed by atoms with Crippen molar-refractivity contribution in [1.29, 1.82) is 0 Å². The van der Waals surface area contributed by atoms with Crippen molar-refractivity contribution in [3.63, 3.8) is 0 Å². The van der Waals surface area contributed by atoms with Crippen molar-refractivity contribution >= 4 is 11.2 Å². The van der Waals surface area contributed by atoms with E-state index >= 15 is 0 Å². The lowest BCUT2D eigenvalue weighted by Gasteiger charge is -2.11. The van der Waals surface area contributed by atoms with E-state index in [-0.39, 0.29) is 6.04 Å². The topological polar surface area (TPSA) is 64.7 Å². The summed E-state index contributed by atoms with van der Waals surface area (Å²) in [5.41, 5.74) is 9.72. The largest absolute Gasteiger partial charge is 0.324 e. The minimum absolute atomic E-state index is 0.0529. The van der Waals surface area contributed by atoms with Crippen molar-refractivity contribution < 1.29 is 0 Å². The molecule has 4 nitrogen and oxygen atoms in total. The molecule has 0 aliphatic rings. The van der Waals surface area contributed by atoms with Gasteiger partial charge in [0.05, 0.1) is 0 Å². The number of fused-ring (bicyclic) bond motifs is 1. The molecule has 0 saturated heterocycles. The van der Waals surface area contributed by atoms with Crippen LogP contribution in [-0.2, 0) is 6.42 Å². The zero-order chi connectivity index (χ0) is 13.1. The Labute approximate surface area is 111 Å². The average molecular weight is 250 g/mol. The average Bonchev–Trinajstić information content (AvgIpc) is 2.48. The highest BCUT2D eigenvalue weighted by Gasteiger charge is 2.08. The Kier molecular flexibility index (Phi) is 3.16. The van der Waals surface area contributed by atoms with Crippen molar-refractivity contribution in [3.05, 3.63) is 66.1 Å². The van der Waals surface area contributed by atoms with Crippen LogP contribution in [0.2, 0.25) is 0 Å². The summed E-state index contributed by atoms with van der Waals surface area (Å²) in [6.07, 6.45) is 4.01. The van der Waals surface area contributed by atoms with Gasteiger partial charge in [-0.3, -0.25) is 4.98 Å². The molecule has 1 aromatic carbocycles. The fourth-order valence-electron chi connectivity index (χ4n) is 2.05. The van der Waals surface area contributed by atoms with Crippen molar-refractivity contribution in [2.75, 3.05) is 0 Å².